The molecule has 2 heterocycles. The van der Waals surface area contributed by atoms with Crippen LogP contribution < -0.4 is 5.32 Å². The molecule has 102 valence electrons. The molecule has 1 N–H and O–H groups in total. The van der Waals surface area contributed by atoms with Crippen LogP contribution in [0, 0.1) is 5.92 Å². The van der Waals surface area contributed by atoms with Gasteiger partial charge in [0.2, 0.25) is 5.91 Å². The van der Waals surface area contributed by atoms with Crippen LogP contribution in [-0.4, -0.2) is 37.1 Å². The van der Waals surface area contributed by atoms with Gasteiger partial charge in [-0.3, -0.25) is 10.1 Å². The minimum Gasteiger partial charge on any atom is -0.381 e. The van der Waals surface area contributed by atoms with Crippen molar-refractivity contribution < 1.29 is 9.53 Å². The van der Waals surface area contributed by atoms with Gasteiger partial charge in [-0.05, 0) is 18.4 Å². The molecule has 2 aliphatic heterocycles. The molecule has 2 aliphatic rings. The lowest BCUT2D eigenvalue weighted by Crippen LogP contribution is -2.37. The van der Waals surface area contributed by atoms with Crippen molar-refractivity contribution in [2.75, 3.05) is 26.3 Å². The van der Waals surface area contributed by atoms with Crippen LogP contribution in [-0.2, 0) is 9.53 Å². The maximum absolute atomic E-state index is 12.1. The third kappa shape index (κ3) is 2.80. The van der Waals surface area contributed by atoms with Crippen LogP contribution in [0.15, 0.2) is 30.3 Å². The van der Waals surface area contributed by atoms with Gasteiger partial charge in [-0.1, -0.05) is 30.3 Å². The predicted molar refractivity (Wildman–Crippen MR) is 72.4 cm³/mol. The number of nitrogens with one attached hydrogen (secondary N) is 1. The van der Waals surface area contributed by atoms with Gasteiger partial charge in [0.25, 0.3) is 0 Å². The average Bonchev–Trinajstić information content (AvgIpc) is 2.82. The van der Waals surface area contributed by atoms with Crippen LogP contribution in [0.2, 0.25) is 0 Å². The molecule has 2 fully saturated rings. The quantitative estimate of drug-likeness (QED) is 0.896. The first-order valence-corrected chi connectivity index (χ1v) is 7.00. The summed E-state index contributed by atoms with van der Waals surface area (Å²) < 4.78 is 5.51. The van der Waals surface area contributed by atoms with Crippen molar-refractivity contribution in [3.63, 3.8) is 0 Å². The molecule has 0 bridgehead atoms. The Morgan fingerprint density at radius 2 is 2.16 bits per heavy atom. The summed E-state index contributed by atoms with van der Waals surface area (Å²) in [6, 6.07) is 10.2. The first-order chi connectivity index (χ1) is 9.34. The number of carbonyl (C=O) groups is 1. The Balaban J connectivity index is 1.71. The van der Waals surface area contributed by atoms with E-state index in [1.165, 1.54) is 0 Å². The molecule has 0 aromatic heterocycles. The second kappa shape index (κ2) is 5.72. The van der Waals surface area contributed by atoms with E-state index in [2.05, 4.69) is 17.4 Å². The lowest BCUT2D eigenvalue weighted by molar-refractivity contribution is -0.129. The fourth-order valence-corrected chi connectivity index (χ4v) is 2.91. The van der Waals surface area contributed by atoms with E-state index < -0.39 is 0 Å². The molecular weight excluding hydrogens is 240 g/mol. The zero-order chi connectivity index (χ0) is 13.1. The van der Waals surface area contributed by atoms with Crippen LogP contribution in [0.3, 0.4) is 0 Å². The monoisotopic (exact) mass is 260 g/mol. The number of nitrogens with zero attached hydrogens (tertiary/aromatic N) is 1. The van der Waals surface area contributed by atoms with Crippen LogP contribution in [0.1, 0.15) is 24.6 Å². The third-order valence-corrected chi connectivity index (χ3v) is 3.90. The number of hydrogen-bond donors (Lipinski definition) is 1. The molecule has 0 radical (unpaired) electrons. The Bertz CT molecular complexity index is 429. The minimum absolute atomic E-state index is 0.0237. The summed E-state index contributed by atoms with van der Waals surface area (Å²) in [6.07, 6.45) is 2.29. The van der Waals surface area contributed by atoms with E-state index in [0.717, 1.165) is 38.2 Å². The maximum atomic E-state index is 12.1. The van der Waals surface area contributed by atoms with Gasteiger partial charge < -0.3 is 9.64 Å². The van der Waals surface area contributed by atoms with Crippen LogP contribution in [0.25, 0.3) is 0 Å². The standard InChI is InChI=1S/C15H20N2O2/c18-14-9-16-15(13-6-2-1-3-7-13)17(14)10-12-5-4-8-19-11-12/h1-3,6-7,12,15-16H,4-5,8-11H2. The highest BCUT2D eigenvalue weighted by Crippen LogP contribution is 2.25. The van der Waals surface area contributed by atoms with E-state index in [4.69, 9.17) is 4.74 Å². The van der Waals surface area contributed by atoms with Gasteiger partial charge in [-0.25, -0.2) is 0 Å². The fourth-order valence-electron chi connectivity index (χ4n) is 2.91. The Labute approximate surface area is 113 Å². The highest BCUT2D eigenvalue weighted by atomic mass is 16.5. The molecule has 19 heavy (non-hydrogen) atoms. The first-order valence-electron chi connectivity index (χ1n) is 7.00. The van der Waals surface area contributed by atoms with Crippen molar-refractivity contribution in [1.29, 1.82) is 0 Å². The topological polar surface area (TPSA) is 41.6 Å². The zero-order valence-electron chi connectivity index (χ0n) is 11.0. The number of ether oxygens (including phenoxy) is 1. The average molecular weight is 260 g/mol. The Kier molecular flexibility index (Phi) is 3.80. The van der Waals surface area contributed by atoms with Crippen LogP contribution >= 0.6 is 0 Å². The van der Waals surface area contributed by atoms with Crippen molar-refractivity contribution in [3.8, 4) is 0 Å². The summed E-state index contributed by atoms with van der Waals surface area (Å²) in [4.78, 5) is 14.0. The SMILES string of the molecule is O=C1CNC(c2ccccc2)N1CC1CCCOC1. The molecule has 4 nitrogen and oxygen atoms in total. The lowest BCUT2D eigenvalue weighted by atomic mass is 10.0. The predicted octanol–water partition coefficient (Wildman–Crippen LogP) is 1.54. The number of amides is 1. The lowest BCUT2D eigenvalue weighted by Gasteiger charge is -2.30. The van der Waals surface area contributed by atoms with Gasteiger partial charge >= 0.3 is 0 Å². The first kappa shape index (κ1) is 12.6. The third-order valence-electron chi connectivity index (χ3n) is 3.90. The summed E-state index contributed by atoms with van der Waals surface area (Å²) >= 11 is 0. The van der Waals surface area contributed by atoms with Crippen molar-refractivity contribution in [2.24, 2.45) is 5.92 Å². The van der Waals surface area contributed by atoms with E-state index in [0.29, 0.717) is 12.5 Å². The fraction of sp³-hybridized carbons (Fsp3) is 0.533. The highest BCUT2D eigenvalue weighted by Gasteiger charge is 2.33. The van der Waals surface area contributed by atoms with Gasteiger partial charge in [-0.15, -0.1) is 0 Å². The Hall–Kier alpha value is -1.39. The van der Waals surface area contributed by atoms with E-state index in [-0.39, 0.29) is 12.1 Å². The van der Waals surface area contributed by atoms with Gasteiger partial charge in [0, 0.05) is 19.1 Å². The molecule has 1 aromatic rings. The number of benzene rings is 1. The molecule has 1 amide bonds. The van der Waals surface area contributed by atoms with Crippen molar-refractivity contribution in [3.05, 3.63) is 35.9 Å². The van der Waals surface area contributed by atoms with Gasteiger partial charge in [0.05, 0.1) is 13.2 Å². The molecule has 0 aliphatic carbocycles. The number of hydrogen-bond acceptors (Lipinski definition) is 3. The molecule has 2 unspecified atom stereocenters. The second-order valence-electron chi connectivity index (χ2n) is 5.32. The molecule has 2 saturated heterocycles. The smallest absolute Gasteiger partial charge is 0.238 e. The van der Waals surface area contributed by atoms with Crippen molar-refractivity contribution >= 4 is 5.91 Å². The minimum atomic E-state index is 0.0237. The van der Waals surface area contributed by atoms with Gasteiger partial charge in [0.15, 0.2) is 0 Å². The van der Waals surface area contributed by atoms with Gasteiger partial charge in [-0.2, -0.15) is 0 Å². The normalized spacial score (nSPS) is 27.8. The van der Waals surface area contributed by atoms with Crippen molar-refractivity contribution in [1.82, 2.24) is 10.2 Å². The maximum Gasteiger partial charge on any atom is 0.238 e. The Morgan fingerprint density at radius 1 is 1.32 bits per heavy atom. The molecule has 1 aromatic carbocycles. The van der Waals surface area contributed by atoms with E-state index in [9.17, 15) is 4.79 Å². The highest BCUT2D eigenvalue weighted by molar-refractivity contribution is 5.81. The largest absolute Gasteiger partial charge is 0.381 e. The van der Waals surface area contributed by atoms with E-state index in [1.807, 2.05) is 23.1 Å². The Morgan fingerprint density at radius 3 is 2.89 bits per heavy atom. The zero-order valence-corrected chi connectivity index (χ0v) is 11.0. The van der Waals surface area contributed by atoms with Crippen LogP contribution in [0.5, 0.6) is 0 Å². The second-order valence-corrected chi connectivity index (χ2v) is 5.32. The summed E-state index contributed by atoms with van der Waals surface area (Å²) in [5.41, 5.74) is 1.16. The number of carbonyl (C=O) groups excluding carboxylic acids is 1. The molecule has 4 heteroatoms. The summed E-state index contributed by atoms with van der Waals surface area (Å²) in [5, 5.41) is 3.30. The van der Waals surface area contributed by atoms with Crippen molar-refractivity contribution in [2.45, 2.75) is 19.0 Å². The van der Waals surface area contributed by atoms with Gasteiger partial charge in [0.1, 0.15) is 6.17 Å². The molecule has 3 rings (SSSR count). The van der Waals surface area contributed by atoms with Crippen LogP contribution in [0.4, 0.5) is 0 Å². The molecular formula is C15H20N2O2. The molecule has 0 spiro atoms. The van der Waals surface area contributed by atoms with E-state index >= 15 is 0 Å². The van der Waals surface area contributed by atoms with E-state index in [1.54, 1.807) is 0 Å². The molecule has 0 saturated carbocycles. The summed E-state index contributed by atoms with van der Waals surface area (Å²) in [7, 11) is 0. The molecule has 2 atom stereocenters. The number of rotatable bonds is 3. The summed E-state index contributed by atoms with van der Waals surface area (Å²) in [5.74, 6) is 0.670. The summed E-state index contributed by atoms with van der Waals surface area (Å²) in [6.45, 7) is 2.88.